The van der Waals surface area contributed by atoms with Crippen molar-refractivity contribution in [3.05, 3.63) is 65.9 Å². The molecule has 136 valence electrons. The van der Waals surface area contributed by atoms with E-state index in [0.717, 1.165) is 27.8 Å². The molecule has 0 radical (unpaired) electrons. The van der Waals surface area contributed by atoms with E-state index in [9.17, 15) is 4.79 Å². The lowest BCUT2D eigenvalue weighted by atomic mass is 10.0. The molecule has 0 fully saturated rings. The summed E-state index contributed by atoms with van der Waals surface area (Å²) in [5, 5.41) is 4.16. The van der Waals surface area contributed by atoms with Crippen molar-refractivity contribution in [2.45, 2.75) is 12.5 Å². The molecule has 1 heterocycles. The molecule has 0 saturated heterocycles. The number of hydrogen-bond acceptors (Lipinski definition) is 3. The standard InChI is InChI=1S/C21H25N3O2/c1-24(2)19(17-9-5-7-11-20(17)26-3)14-23-21(25)12-15-13-22-18-10-6-4-8-16(15)18/h4-11,13,19,22H,12,14H2,1-3H3,(H,23,25). The highest BCUT2D eigenvalue weighted by molar-refractivity contribution is 5.88. The highest BCUT2D eigenvalue weighted by atomic mass is 16.5. The number of fused-ring (bicyclic) bond motifs is 1. The summed E-state index contributed by atoms with van der Waals surface area (Å²) in [7, 11) is 5.67. The molecule has 0 bridgehead atoms. The van der Waals surface area contributed by atoms with Gasteiger partial charge in [0.2, 0.25) is 5.91 Å². The largest absolute Gasteiger partial charge is 0.496 e. The lowest BCUT2D eigenvalue weighted by molar-refractivity contribution is -0.120. The van der Waals surface area contributed by atoms with E-state index in [-0.39, 0.29) is 11.9 Å². The first-order valence-electron chi connectivity index (χ1n) is 8.71. The Kier molecular flexibility index (Phi) is 5.58. The minimum absolute atomic E-state index is 0.0106. The van der Waals surface area contributed by atoms with Crippen LogP contribution in [0.15, 0.2) is 54.7 Å². The number of hydrogen-bond donors (Lipinski definition) is 2. The van der Waals surface area contributed by atoms with Crippen LogP contribution in [0.5, 0.6) is 5.75 Å². The quantitative estimate of drug-likeness (QED) is 0.687. The third-order valence-electron chi connectivity index (χ3n) is 4.64. The van der Waals surface area contributed by atoms with Crippen LogP contribution in [0.3, 0.4) is 0 Å². The van der Waals surface area contributed by atoms with Crippen molar-refractivity contribution in [3.63, 3.8) is 0 Å². The summed E-state index contributed by atoms with van der Waals surface area (Å²) in [6.45, 7) is 0.522. The van der Waals surface area contributed by atoms with Crippen LogP contribution in [0.1, 0.15) is 17.2 Å². The fraction of sp³-hybridized carbons (Fsp3) is 0.286. The van der Waals surface area contributed by atoms with Gasteiger partial charge in [-0.2, -0.15) is 0 Å². The minimum Gasteiger partial charge on any atom is -0.496 e. The van der Waals surface area contributed by atoms with Gasteiger partial charge in [0.05, 0.1) is 19.6 Å². The summed E-state index contributed by atoms with van der Waals surface area (Å²) in [5.74, 6) is 0.841. The number of nitrogens with zero attached hydrogens (tertiary/aromatic N) is 1. The second-order valence-corrected chi connectivity index (χ2v) is 6.56. The first-order valence-corrected chi connectivity index (χ1v) is 8.71. The highest BCUT2D eigenvalue weighted by Crippen LogP contribution is 2.27. The number of methoxy groups -OCH3 is 1. The van der Waals surface area contributed by atoms with E-state index in [1.54, 1.807) is 7.11 Å². The Morgan fingerprint density at radius 1 is 1.15 bits per heavy atom. The molecular weight excluding hydrogens is 326 g/mol. The number of nitrogens with one attached hydrogen (secondary N) is 2. The number of amides is 1. The number of carbonyl (C=O) groups excluding carboxylic acids is 1. The van der Waals surface area contributed by atoms with Crippen LogP contribution < -0.4 is 10.1 Å². The van der Waals surface area contributed by atoms with Crippen LogP contribution in [-0.4, -0.2) is 43.5 Å². The van der Waals surface area contributed by atoms with E-state index in [4.69, 9.17) is 4.74 Å². The Morgan fingerprint density at radius 3 is 2.65 bits per heavy atom. The number of ether oxygens (including phenoxy) is 1. The first-order chi connectivity index (χ1) is 12.6. The monoisotopic (exact) mass is 351 g/mol. The molecule has 2 N–H and O–H groups in total. The summed E-state index contributed by atoms with van der Waals surface area (Å²) in [6.07, 6.45) is 2.27. The molecule has 5 nitrogen and oxygen atoms in total. The van der Waals surface area contributed by atoms with Crippen molar-refractivity contribution >= 4 is 16.8 Å². The molecule has 0 aliphatic carbocycles. The molecule has 1 atom stereocenters. The summed E-state index contributed by atoms with van der Waals surface area (Å²) >= 11 is 0. The van der Waals surface area contributed by atoms with Crippen molar-refractivity contribution in [2.24, 2.45) is 0 Å². The number of aromatic nitrogens is 1. The van der Waals surface area contributed by atoms with Gasteiger partial charge in [0.25, 0.3) is 0 Å². The number of carbonyl (C=O) groups is 1. The third kappa shape index (κ3) is 3.89. The number of rotatable bonds is 7. The predicted molar refractivity (Wildman–Crippen MR) is 104 cm³/mol. The molecular formula is C21H25N3O2. The Hall–Kier alpha value is -2.79. The third-order valence-corrected chi connectivity index (χ3v) is 4.64. The van der Waals surface area contributed by atoms with Gasteiger partial charge < -0.3 is 19.9 Å². The van der Waals surface area contributed by atoms with E-state index >= 15 is 0 Å². The molecule has 0 aliphatic rings. The fourth-order valence-corrected chi connectivity index (χ4v) is 3.24. The molecule has 26 heavy (non-hydrogen) atoms. The topological polar surface area (TPSA) is 57.4 Å². The summed E-state index contributed by atoms with van der Waals surface area (Å²) in [4.78, 5) is 17.8. The van der Waals surface area contributed by atoms with Gasteiger partial charge in [0.1, 0.15) is 5.75 Å². The highest BCUT2D eigenvalue weighted by Gasteiger charge is 2.19. The molecule has 0 saturated carbocycles. The van der Waals surface area contributed by atoms with Gasteiger partial charge in [-0.3, -0.25) is 4.79 Å². The molecule has 5 heteroatoms. The van der Waals surface area contributed by atoms with Gasteiger partial charge in [-0.15, -0.1) is 0 Å². The molecule has 1 amide bonds. The van der Waals surface area contributed by atoms with Gasteiger partial charge in [-0.25, -0.2) is 0 Å². The molecule has 2 aromatic carbocycles. The second kappa shape index (κ2) is 8.06. The van der Waals surface area contributed by atoms with E-state index in [2.05, 4.69) is 15.2 Å². The summed E-state index contributed by atoms with van der Waals surface area (Å²) < 4.78 is 5.47. The smallest absolute Gasteiger partial charge is 0.224 e. The van der Waals surface area contributed by atoms with Crippen molar-refractivity contribution < 1.29 is 9.53 Å². The van der Waals surface area contributed by atoms with Crippen molar-refractivity contribution in [1.82, 2.24) is 15.2 Å². The SMILES string of the molecule is COc1ccccc1C(CNC(=O)Cc1c[nH]c2ccccc12)N(C)C. The van der Waals surface area contributed by atoms with E-state index in [0.29, 0.717) is 13.0 Å². The summed E-state index contributed by atoms with van der Waals surface area (Å²) in [5.41, 5.74) is 3.12. The van der Waals surface area contributed by atoms with E-state index < -0.39 is 0 Å². The van der Waals surface area contributed by atoms with Gasteiger partial charge in [0.15, 0.2) is 0 Å². The molecule has 1 unspecified atom stereocenters. The number of aromatic amines is 1. The average Bonchev–Trinajstić information content (AvgIpc) is 3.05. The second-order valence-electron chi connectivity index (χ2n) is 6.56. The fourth-order valence-electron chi connectivity index (χ4n) is 3.24. The van der Waals surface area contributed by atoms with Crippen molar-refractivity contribution in [3.8, 4) is 5.75 Å². The zero-order chi connectivity index (χ0) is 18.5. The minimum atomic E-state index is 0.0106. The van der Waals surface area contributed by atoms with Crippen LogP contribution in [0, 0.1) is 0 Å². The lowest BCUT2D eigenvalue weighted by Gasteiger charge is -2.26. The van der Waals surface area contributed by atoms with Crippen LogP contribution in [0.4, 0.5) is 0 Å². The zero-order valence-corrected chi connectivity index (χ0v) is 15.5. The number of benzene rings is 2. The van der Waals surface area contributed by atoms with Crippen molar-refractivity contribution in [2.75, 3.05) is 27.7 Å². The van der Waals surface area contributed by atoms with Gasteiger partial charge in [-0.1, -0.05) is 36.4 Å². The van der Waals surface area contributed by atoms with E-state index in [1.165, 1.54) is 0 Å². The maximum Gasteiger partial charge on any atom is 0.224 e. The molecule has 3 aromatic rings. The maximum atomic E-state index is 12.5. The molecule has 0 aliphatic heterocycles. The normalized spacial score (nSPS) is 12.3. The van der Waals surface area contributed by atoms with Gasteiger partial charge in [0, 0.05) is 29.2 Å². The zero-order valence-electron chi connectivity index (χ0n) is 15.5. The number of para-hydroxylation sites is 2. The first kappa shape index (κ1) is 18.0. The Balaban J connectivity index is 1.68. The Labute approximate surface area is 154 Å². The Morgan fingerprint density at radius 2 is 1.88 bits per heavy atom. The average molecular weight is 351 g/mol. The van der Waals surface area contributed by atoms with E-state index in [1.807, 2.05) is 68.8 Å². The molecule has 3 rings (SSSR count). The van der Waals surface area contributed by atoms with Crippen molar-refractivity contribution in [1.29, 1.82) is 0 Å². The van der Waals surface area contributed by atoms with Gasteiger partial charge in [-0.05, 0) is 31.8 Å². The van der Waals surface area contributed by atoms with Crippen LogP contribution in [0.2, 0.25) is 0 Å². The number of likely N-dealkylation sites (N-methyl/N-ethyl adjacent to an activating group) is 1. The van der Waals surface area contributed by atoms with Crippen LogP contribution >= 0.6 is 0 Å². The van der Waals surface area contributed by atoms with Crippen LogP contribution in [-0.2, 0) is 11.2 Å². The van der Waals surface area contributed by atoms with Gasteiger partial charge >= 0.3 is 0 Å². The summed E-state index contributed by atoms with van der Waals surface area (Å²) in [6, 6.07) is 16.0. The predicted octanol–water partition coefficient (Wildman–Crippen LogP) is 3.14. The maximum absolute atomic E-state index is 12.5. The lowest BCUT2D eigenvalue weighted by Crippen LogP contribution is -2.35. The molecule has 1 aromatic heterocycles. The molecule has 0 spiro atoms. The van der Waals surface area contributed by atoms with Crippen LogP contribution in [0.25, 0.3) is 10.9 Å². The Bertz CT molecular complexity index is 886. The number of H-pyrrole nitrogens is 1.